The first kappa shape index (κ1) is 13.3. The van der Waals surface area contributed by atoms with Crippen LogP contribution < -0.4 is 4.74 Å². The predicted octanol–water partition coefficient (Wildman–Crippen LogP) is 0.792. The van der Waals surface area contributed by atoms with Crippen LogP contribution in [0.5, 0.6) is 5.88 Å². The number of rotatable bonds is 3. The smallest absolute Gasteiger partial charge is 0.274 e. The van der Waals surface area contributed by atoms with Gasteiger partial charge in [-0.05, 0) is 20.3 Å². The van der Waals surface area contributed by atoms with Gasteiger partial charge in [0, 0.05) is 31.2 Å². The lowest BCUT2D eigenvalue weighted by atomic mass is 9.86. The molecule has 1 aromatic heterocycles. The second kappa shape index (κ2) is 5.01. The summed E-state index contributed by atoms with van der Waals surface area (Å²) in [6.45, 7) is 6.32. The summed E-state index contributed by atoms with van der Waals surface area (Å²) in [6, 6.07) is 1.19. The zero-order chi connectivity index (χ0) is 14.3. The largest absolute Gasteiger partial charge is 0.480 e. The number of aromatic nitrogens is 2. The molecule has 3 rings (SSSR count). The van der Waals surface area contributed by atoms with Gasteiger partial charge in [-0.1, -0.05) is 0 Å². The third-order valence-electron chi connectivity index (χ3n) is 4.24. The van der Waals surface area contributed by atoms with Crippen molar-refractivity contribution in [2.45, 2.75) is 38.4 Å². The molecule has 108 valence electrons. The van der Waals surface area contributed by atoms with E-state index < -0.39 is 0 Å². The summed E-state index contributed by atoms with van der Waals surface area (Å²) in [5.74, 6) is 0.418. The fourth-order valence-electron chi connectivity index (χ4n) is 3.06. The number of ether oxygens (including phenoxy) is 1. The van der Waals surface area contributed by atoms with Crippen molar-refractivity contribution in [2.75, 3.05) is 20.2 Å². The average molecular weight is 276 g/mol. The third kappa shape index (κ3) is 2.14. The maximum atomic E-state index is 12.5. The zero-order valence-corrected chi connectivity index (χ0v) is 12.1. The van der Waals surface area contributed by atoms with Gasteiger partial charge in [-0.15, -0.1) is 0 Å². The SMILES string of the molecule is COc1cnc(C(=O)N2C3CC2CN(C(C)C)C3)cn1. The van der Waals surface area contributed by atoms with Crippen LogP contribution in [0.2, 0.25) is 0 Å². The van der Waals surface area contributed by atoms with Crippen LogP contribution in [0, 0.1) is 0 Å². The Labute approximate surface area is 118 Å². The Morgan fingerprint density at radius 3 is 2.50 bits per heavy atom. The molecule has 2 fully saturated rings. The van der Waals surface area contributed by atoms with E-state index >= 15 is 0 Å². The number of nitrogens with zero attached hydrogens (tertiary/aromatic N) is 4. The fraction of sp³-hybridized carbons (Fsp3) is 0.643. The topological polar surface area (TPSA) is 58.6 Å². The molecule has 2 saturated heterocycles. The van der Waals surface area contributed by atoms with E-state index in [-0.39, 0.29) is 5.91 Å². The van der Waals surface area contributed by atoms with Gasteiger partial charge in [0.25, 0.3) is 5.91 Å². The highest BCUT2D eigenvalue weighted by atomic mass is 16.5. The number of carbonyl (C=O) groups is 1. The van der Waals surface area contributed by atoms with E-state index in [0.29, 0.717) is 29.7 Å². The Bertz CT molecular complexity index is 490. The summed E-state index contributed by atoms with van der Waals surface area (Å²) in [4.78, 5) is 25.1. The molecule has 0 radical (unpaired) electrons. The number of piperidine rings is 1. The van der Waals surface area contributed by atoms with E-state index in [1.807, 2.05) is 4.90 Å². The lowest BCUT2D eigenvalue weighted by molar-refractivity contribution is -0.0566. The van der Waals surface area contributed by atoms with E-state index in [9.17, 15) is 4.79 Å². The molecule has 2 aliphatic heterocycles. The summed E-state index contributed by atoms with van der Waals surface area (Å²) >= 11 is 0. The quantitative estimate of drug-likeness (QED) is 0.817. The van der Waals surface area contributed by atoms with Gasteiger partial charge < -0.3 is 9.64 Å². The van der Waals surface area contributed by atoms with Gasteiger partial charge in [-0.3, -0.25) is 9.69 Å². The van der Waals surface area contributed by atoms with E-state index in [0.717, 1.165) is 19.5 Å². The highest BCUT2D eigenvalue weighted by Gasteiger charge is 2.47. The summed E-state index contributed by atoms with van der Waals surface area (Å²) in [5, 5.41) is 0. The number of fused-ring (bicyclic) bond motifs is 2. The molecular weight excluding hydrogens is 256 g/mol. The lowest BCUT2D eigenvalue weighted by Crippen LogP contribution is -2.70. The van der Waals surface area contributed by atoms with Crippen molar-refractivity contribution in [3.63, 3.8) is 0 Å². The number of methoxy groups -OCH3 is 1. The lowest BCUT2D eigenvalue weighted by Gasteiger charge is -2.57. The molecule has 2 unspecified atom stereocenters. The van der Waals surface area contributed by atoms with Gasteiger partial charge >= 0.3 is 0 Å². The molecule has 0 aromatic carbocycles. The average Bonchev–Trinajstić information content (AvgIpc) is 2.47. The minimum atomic E-state index is -0.00944. The molecule has 1 aromatic rings. The van der Waals surface area contributed by atoms with Gasteiger partial charge in [0.2, 0.25) is 5.88 Å². The van der Waals surface area contributed by atoms with Crippen molar-refractivity contribution in [3.8, 4) is 5.88 Å². The van der Waals surface area contributed by atoms with Crippen LogP contribution in [0.15, 0.2) is 12.4 Å². The molecule has 20 heavy (non-hydrogen) atoms. The van der Waals surface area contributed by atoms with E-state index in [1.165, 1.54) is 19.5 Å². The molecule has 0 spiro atoms. The van der Waals surface area contributed by atoms with Crippen LogP contribution in [-0.4, -0.2) is 64.0 Å². The Morgan fingerprint density at radius 1 is 1.30 bits per heavy atom. The molecular formula is C14H20N4O2. The molecule has 2 atom stereocenters. The summed E-state index contributed by atoms with van der Waals surface area (Å²) in [6.07, 6.45) is 4.09. The molecule has 1 amide bonds. The van der Waals surface area contributed by atoms with Crippen LogP contribution >= 0.6 is 0 Å². The van der Waals surface area contributed by atoms with Crippen LogP contribution in [0.3, 0.4) is 0 Å². The van der Waals surface area contributed by atoms with E-state index in [2.05, 4.69) is 28.7 Å². The molecule has 2 bridgehead atoms. The van der Waals surface area contributed by atoms with Crippen molar-refractivity contribution < 1.29 is 9.53 Å². The Balaban J connectivity index is 1.70. The number of likely N-dealkylation sites (tertiary alicyclic amines) is 2. The van der Waals surface area contributed by atoms with Crippen molar-refractivity contribution >= 4 is 5.91 Å². The minimum absolute atomic E-state index is 0.00944. The summed E-state index contributed by atoms with van der Waals surface area (Å²) < 4.78 is 4.96. The highest BCUT2D eigenvalue weighted by Crippen LogP contribution is 2.34. The number of hydrogen-bond donors (Lipinski definition) is 0. The number of carbonyl (C=O) groups excluding carboxylic acids is 1. The van der Waals surface area contributed by atoms with Gasteiger partial charge in [0.05, 0.1) is 19.5 Å². The van der Waals surface area contributed by atoms with Gasteiger partial charge in [-0.2, -0.15) is 0 Å². The van der Waals surface area contributed by atoms with Crippen molar-refractivity contribution in [1.29, 1.82) is 0 Å². The minimum Gasteiger partial charge on any atom is -0.480 e. The number of amides is 1. The molecule has 0 N–H and O–H groups in total. The maximum absolute atomic E-state index is 12.5. The summed E-state index contributed by atoms with van der Waals surface area (Å²) in [5.41, 5.74) is 0.401. The summed E-state index contributed by atoms with van der Waals surface area (Å²) in [7, 11) is 1.53. The van der Waals surface area contributed by atoms with Gasteiger partial charge in [-0.25, -0.2) is 9.97 Å². The van der Waals surface area contributed by atoms with Crippen molar-refractivity contribution in [2.24, 2.45) is 0 Å². The molecule has 0 saturated carbocycles. The van der Waals surface area contributed by atoms with E-state index in [1.54, 1.807) is 0 Å². The molecule has 6 heteroatoms. The van der Waals surface area contributed by atoms with Gasteiger partial charge in [0.15, 0.2) is 0 Å². The maximum Gasteiger partial charge on any atom is 0.274 e. The second-order valence-electron chi connectivity index (χ2n) is 5.75. The predicted molar refractivity (Wildman–Crippen MR) is 73.7 cm³/mol. The van der Waals surface area contributed by atoms with E-state index in [4.69, 9.17) is 4.74 Å². The van der Waals surface area contributed by atoms with Crippen LogP contribution in [0.1, 0.15) is 30.8 Å². The molecule has 3 heterocycles. The van der Waals surface area contributed by atoms with Crippen LogP contribution in [0.25, 0.3) is 0 Å². The van der Waals surface area contributed by atoms with Crippen molar-refractivity contribution in [3.05, 3.63) is 18.1 Å². The standard InChI is InChI=1S/C14H20N4O2/c1-9(2)17-7-10-4-11(8-17)18(10)14(19)12-5-16-13(20-3)6-15-12/h5-6,9-11H,4,7-8H2,1-3H3. The first-order valence-electron chi connectivity index (χ1n) is 7.03. The Morgan fingerprint density at radius 2 is 2.00 bits per heavy atom. The first-order valence-corrected chi connectivity index (χ1v) is 7.03. The number of hydrogen-bond acceptors (Lipinski definition) is 5. The van der Waals surface area contributed by atoms with Crippen LogP contribution in [0.4, 0.5) is 0 Å². The van der Waals surface area contributed by atoms with Crippen molar-refractivity contribution in [1.82, 2.24) is 19.8 Å². The Hall–Kier alpha value is -1.69. The third-order valence-corrected chi connectivity index (χ3v) is 4.24. The fourth-order valence-corrected chi connectivity index (χ4v) is 3.06. The second-order valence-corrected chi connectivity index (χ2v) is 5.75. The molecule has 6 nitrogen and oxygen atoms in total. The monoisotopic (exact) mass is 276 g/mol. The number of piperazine rings is 1. The Kier molecular flexibility index (Phi) is 3.33. The zero-order valence-electron chi connectivity index (χ0n) is 12.1. The molecule has 2 aliphatic rings. The first-order chi connectivity index (χ1) is 9.60. The van der Waals surface area contributed by atoms with Crippen LogP contribution in [-0.2, 0) is 0 Å². The molecule has 0 aliphatic carbocycles. The highest BCUT2D eigenvalue weighted by molar-refractivity contribution is 5.93. The normalized spacial score (nSPS) is 25.5. The van der Waals surface area contributed by atoms with Gasteiger partial charge in [0.1, 0.15) is 5.69 Å².